The normalized spacial score (nSPS) is 19.9. The fraction of sp³-hybridized carbons (Fsp3) is 0.625. The van der Waals surface area contributed by atoms with Gasteiger partial charge in [-0.2, -0.15) is 0 Å². The SMILES string of the molecule is Cl.Cl.O=[N+]([O-])c1cc(Br)cc([C@@H](C2CCOCC2)N2CCNCC2)c1O. The molecule has 0 saturated carbocycles. The van der Waals surface area contributed by atoms with Gasteiger partial charge in [-0.3, -0.25) is 15.0 Å². The quantitative estimate of drug-likeness (QED) is 0.516. The Morgan fingerprint density at radius 2 is 1.88 bits per heavy atom. The van der Waals surface area contributed by atoms with Gasteiger partial charge in [-0.1, -0.05) is 15.9 Å². The van der Waals surface area contributed by atoms with Crippen molar-refractivity contribution in [2.45, 2.75) is 18.9 Å². The van der Waals surface area contributed by atoms with Crippen LogP contribution in [0, 0.1) is 16.0 Å². The molecule has 2 saturated heterocycles. The highest BCUT2D eigenvalue weighted by atomic mass is 79.9. The number of phenolic OH excluding ortho intramolecular Hbond substituents is 1. The van der Waals surface area contributed by atoms with Crippen LogP contribution in [0.4, 0.5) is 5.69 Å². The van der Waals surface area contributed by atoms with Crippen LogP contribution in [-0.4, -0.2) is 54.3 Å². The summed E-state index contributed by atoms with van der Waals surface area (Å²) in [5.74, 6) is 0.106. The molecule has 0 bridgehead atoms. The number of rotatable bonds is 4. The molecule has 0 unspecified atom stereocenters. The van der Waals surface area contributed by atoms with Crippen molar-refractivity contribution in [1.82, 2.24) is 10.2 Å². The van der Waals surface area contributed by atoms with Crippen LogP contribution in [0.15, 0.2) is 16.6 Å². The van der Waals surface area contributed by atoms with E-state index in [4.69, 9.17) is 4.74 Å². The van der Waals surface area contributed by atoms with Crippen LogP contribution in [0.1, 0.15) is 24.4 Å². The second-order valence-electron chi connectivity index (χ2n) is 6.30. The van der Waals surface area contributed by atoms with Gasteiger partial charge in [-0.25, -0.2) is 0 Å². The lowest BCUT2D eigenvalue weighted by Crippen LogP contribution is -2.47. The molecule has 2 heterocycles. The van der Waals surface area contributed by atoms with Crippen molar-refractivity contribution in [2.75, 3.05) is 39.4 Å². The van der Waals surface area contributed by atoms with Crippen molar-refractivity contribution >= 4 is 46.4 Å². The Balaban J connectivity index is 0.00000169. The van der Waals surface area contributed by atoms with Crippen LogP contribution >= 0.6 is 40.7 Å². The van der Waals surface area contributed by atoms with Crippen molar-refractivity contribution in [1.29, 1.82) is 0 Å². The van der Waals surface area contributed by atoms with Gasteiger partial charge in [0.2, 0.25) is 0 Å². The molecule has 148 valence electrons. The van der Waals surface area contributed by atoms with Gasteiger partial charge >= 0.3 is 5.69 Å². The first-order valence-corrected chi connectivity index (χ1v) is 9.06. The van der Waals surface area contributed by atoms with Gasteiger partial charge in [0.1, 0.15) is 0 Å². The molecule has 0 aromatic heterocycles. The number of hydrogen-bond donors (Lipinski definition) is 2. The van der Waals surface area contributed by atoms with E-state index in [1.807, 2.05) is 6.07 Å². The predicted molar refractivity (Wildman–Crippen MR) is 108 cm³/mol. The molecule has 0 amide bonds. The van der Waals surface area contributed by atoms with Crippen LogP contribution in [0.3, 0.4) is 0 Å². The van der Waals surface area contributed by atoms with Gasteiger partial charge < -0.3 is 15.2 Å². The van der Waals surface area contributed by atoms with E-state index in [0.29, 0.717) is 29.2 Å². The molecule has 2 aliphatic heterocycles. The first kappa shape index (κ1) is 23.4. The summed E-state index contributed by atoms with van der Waals surface area (Å²) in [5, 5.41) is 25.2. The molecule has 0 aliphatic carbocycles. The number of phenols is 1. The summed E-state index contributed by atoms with van der Waals surface area (Å²) in [6.45, 7) is 4.89. The van der Waals surface area contributed by atoms with Crippen LogP contribution in [0.2, 0.25) is 0 Å². The summed E-state index contributed by atoms with van der Waals surface area (Å²) >= 11 is 3.36. The van der Waals surface area contributed by atoms with E-state index in [-0.39, 0.29) is 42.3 Å². The van der Waals surface area contributed by atoms with Crippen molar-refractivity contribution in [3.8, 4) is 5.75 Å². The minimum Gasteiger partial charge on any atom is -0.502 e. The maximum atomic E-state index is 11.3. The van der Waals surface area contributed by atoms with E-state index < -0.39 is 4.92 Å². The van der Waals surface area contributed by atoms with E-state index in [1.54, 1.807) is 0 Å². The summed E-state index contributed by atoms with van der Waals surface area (Å²) < 4.78 is 6.10. The van der Waals surface area contributed by atoms with Crippen LogP contribution in [0.25, 0.3) is 0 Å². The van der Waals surface area contributed by atoms with Gasteiger partial charge in [-0.15, -0.1) is 24.8 Å². The third-order valence-electron chi connectivity index (χ3n) is 4.86. The highest BCUT2D eigenvalue weighted by Gasteiger charge is 2.35. The topological polar surface area (TPSA) is 87.9 Å². The Labute approximate surface area is 173 Å². The summed E-state index contributed by atoms with van der Waals surface area (Å²) in [4.78, 5) is 13.1. The smallest absolute Gasteiger partial charge is 0.312 e. The highest BCUT2D eigenvalue weighted by Crippen LogP contribution is 2.44. The van der Waals surface area contributed by atoms with Crippen molar-refractivity contribution in [2.24, 2.45) is 5.92 Å². The molecule has 7 nitrogen and oxygen atoms in total. The van der Waals surface area contributed by atoms with E-state index in [0.717, 1.165) is 39.0 Å². The zero-order chi connectivity index (χ0) is 17.1. The molecule has 1 aromatic carbocycles. The van der Waals surface area contributed by atoms with Gasteiger partial charge in [0.15, 0.2) is 5.75 Å². The van der Waals surface area contributed by atoms with E-state index in [9.17, 15) is 15.2 Å². The zero-order valence-corrected chi connectivity index (χ0v) is 17.4. The molecule has 0 radical (unpaired) electrons. The number of nitro benzene ring substituents is 1. The van der Waals surface area contributed by atoms with Crippen molar-refractivity contribution in [3.63, 3.8) is 0 Å². The lowest BCUT2D eigenvalue weighted by Gasteiger charge is -2.41. The average molecular weight is 473 g/mol. The van der Waals surface area contributed by atoms with Gasteiger partial charge in [0.05, 0.1) is 4.92 Å². The van der Waals surface area contributed by atoms with Gasteiger partial charge in [0.25, 0.3) is 0 Å². The Morgan fingerprint density at radius 1 is 1.27 bits per heavy atom. The van der Waals surface area contributed by atoms with E-state index >= 15 is 0 Å². The first-order valence-electron chi connectivity index (χ1n) is 8.27. The summed E-state index contributed by atoms with van der Waals surface area (Å²) in [7, 11) is 0. The monoisotopic (exact) mass is 471 g/mol. The molecule has 0 spiro atoms. The lowest BCUT2D eigenvalue weighted by atomic mass is 9.85. The molecular weight excluding hydrogens is 449 g/mol. The highest BCUT2D eigenvalue weighted by molar-refractivity contribution is 9.10. The second kappa shape index (κ2) is 10.6. The van der Waals surface area contributed by atoms with Crippen LogP contribution < -0.4 is 5.32 Å². The summed E-state index contributed by atoms with van der Waals surface area (Å²) in [5.41, 5.74) is 0.399. The third kappa shape index (κ3) is 5.21. The largest absolute Gasteiger partial charge is 0.502 e. The third-order valence-corrected chi connectivity index (χ3v) is 5.31. The molecule has 2 fully saturated rings. The summed E-state index contributed by atoms with van der Waals surface area (Å²) in [6, 6.07) is 3.15. The van der Waals surface area contributed by atoms with E-state index in [2.05, 4.69) is 26.1 Å². The maximum Gasteiger partial charge on any atom is 0.312 e. The van der Waals surface area contributed by atoms with Gasteiger partial charge in [0, 0.05) is 61.5 Å². The van der Waals surface area contributed by atoms with Crippen LogP contribution in [0.5, 0.6) is 5.75 Å². The minimum absolute atomic E-state index is 0. The number of piperazine rings is 1. The Kier molecular flexibility index (Phi) is 9.57. The second-order valence-corrected chi connectivity index (χ2v) is 7.22. The number of nitrogens with one attached hydrogen (secondary N) is 1. The molecule has 1 aromatic rings. The number of ether oxygens (including phenoxy) is 1. The Morgan fingerprint density at radius 3 is 2.46 bits per heavy atom. The Hall–Kier alpha value is -0.640. The fourth-order valence-electron chi connectivity index (χ4n) is 3.71. The molecule has 10 heteroatoms. The molecular formula is C16H24BrCl2N3O4. The fourth-order valence-corrected chi connectivity index (χ4v) is 4.17. The number of hydrogen-bond acceptors (Lipinski definition) is 6. The molecule has 2 aliphatic rings. The minimum atomic E-state index is -0.525. The molecule has 3 rings (SSSR count). The lowest BCUT2D eigenvalue weighted by molar-refractivity contribution is -0.386. The summed E-state index contributed by atoms with van der Waals surface area (Å²) in [6.07, 6.45) is 1.79. The number of nitrogens with zero attached hydrogens (tertiary/aromatic N) is 2. The number of halogens is 3. The standard InChI is InChI=1S/C16H22BrN3O4.2ClH/c17-12-9-13(16(21)14(10-12)20(22)23)15(11-1-7-24-8-2-11)19-5-3-18-4-6-19;;/h9-11,15,18,21H,1-8H2;2*1H/t15-;;/m1../s1. The molecule has 1 atom stereocenters. The zero-order valence-electron chi connectivity index (χ0n) is 14.2. The van der Waals surface area contributed by atoms with Gasteiger partial charge in [-0.05, 0) is 24.8 Å². The van der Waals surface area contributed by atoms with Crippen molar-refractivity contribution in [3.05, 3.63) is 32.3 Å². The van der Waals surface area contributed by atoms with Crippen molar-refractivity contribution < 1.29 is 14.8 Å². The molecule has 2 N–H and O–H groups in total. The average Bonchev–Trinajstić information content (AvgIpc) is 2.59. The first-order chi connectivity index (χ1) is 11.6. The van der Waals surface area contributed by atoms with Crippen LogP contribution in [-0.2, 0) is 4.74 Å². The molecule has 26 heavy (non-hydrogen) atoms. The predicted octanol–water partition coefficient (Wildman–Crippen LogP) is 3.28. The maximum absolute atomic E-state index is 11.3. The number of aromatic hydroxyl groups is 1. The number of benzene rings is 1. The Bertz CT molecular complexity index is 593. The number of nitro groups is 1. The van der Waals surface area contributed by atoms with E-state index in [1.165, 1.54) is 6.07 Å².